The lowest BCUT2D eigenvalue weighted by molar-refractivity contribution is 0.111. The largest absolute Gasteiger partial charge is 0.505 e. The molecule has 1 N–H and O–H groups in total. The number of fused-ring (bicyclic) bond motifs is 1. The van der Waals surface area contributed by atoms with E-state index in [0.717, 1.165) is 5.39 Å². The number of aromatic hydroxyl groups is 1. The Labute approximate surface area is 74.7 Å². The van der Waals surface area contributed by atoms with Crippen molar-refractivity contribution in [1.82, 2.24) is 4.98 Å². The van der Waals surface area contributed by atoms with Crippen molar-refractivity contribution in [1.29, 1.82) is 0 Å². The van der Waals surface area contributed by atoms with Gasteiger partial charge in [0.25, 0.3) is 0 Å². The van der Waals surface area contributed by atoms with Crippen LogP contribution in [0.5, 0.6) is 5.75 Å². The van der Waals surface area contributed by atoms with Gasteiger partial charge >= 0.3 is 0 Å². The van der Waals surface area contributed by atoms with Crippen LogP contribution in [0.4, 0.5) is 0 Å². The molecule has 0 aliphatic carbocycles. The van der Waals surface area contributed by atoms with Crippen LogP contribution in [0.3, 0.4) is 0 Å². The Bertz CT molecular complexity index is 465. The maximum absolute atomic E-state index is 10.4. The van der Waals surface area contributed by atoms with Gasteiger partial charge in [0.2, 0.25) is 0 Å². The molecule has 0 spiro atoms. The Morgan fingerprint density at radius 3 is 2.85 bits per heavy atom. The minimum atomic E-state index is -0.0481. The summed E-state index contributed by atoms with van der Waals surface area (Å²) in [5.41, 5.74) is 0.0821. The minimum absolute atomic E-state index is 0.0481. The molecule has 1 aromatic heterocycles. The summed E-state index contributed by atoms with van der Waals surface area (Å²) in [6.07, 6.45) is 2.11. The highest BCUT2D eigenvalue weighted by atomic mass is 16.3. The number of benzene rings is 1. The number of rotatable bonds is 1. The predicted molar refractivity (Wildman–Crippen MR) is 48.8 cm³/mol. The van der Waals surface area contributed by atoms with E-state index in [1.54, 1.807) is 18.3 Å². The SMILES string of the molecule is O=Cc1ncc2ccccc2c1O. The number of aromatic nitrogens is 1. The van der Waals surface area contributed by atoms with Gasteiger partial charge in [0.05, 0.1) is 0 Å². The second-order valence-corrected chi connectivity index (χ2v) is 2.70. The highest BCUT2D eigenvalue weighted by Gasteiger charge is 2.05. The quantitative estimate of drug-likeness (QED) is 0.668. The van der Waals surface area contributed by atoms with Crippen molar-refractivity contribution < 1.29 is 9.90 Å². The second kappa shape index (κ2) is 2.86. The molecule has 1 aromatic carbocycles. The molecule has 64 valence electrons. The lowest BCUT2D eigenvalue weighted by Gasteiger charge is -2.00. The fourth-order valence-corrected chi connectivity index (χ4v) is 1.25. The molecule has 0 amide bonds. The predicted octanol–water partition coefficient (Wildman–Crippen LogP) is 1.75. The zero-order valence-electron chi connectivity index (χ0n) is 6.77. The van der Waals surface area contributed by atoms with Crippen LogP contribution in [0.15, 0.2) is 30.5 Å². The molecule has 3 nitrogen and oxygen atoms in total. The molecule has 1 heterocycles. The number of hydrogen-bond acceptors (Lipinski definition) is 3. The van der Waals surface area contributed by atoms with Crippen molar-refractivity contribution >= 4 is 17.1 Å². The van der Waals surface area contributed by atoms with Gasteiger partial charge in [-0.15, -0.1) is 0 Å². The Balaban J connectivity index is 2.86. The standard InChI is InChI=1S/C10H7NO2/c12-6-9-10(13)8-4-2-1-3-7(8)5-11-9/h1-6,13H. The van der Waals surface area contributed by atoms with E-state index in [2.05, 4.69) is 4.98 Å². The third kappa shape index (κ3) is 1.14. The van der Waals surface area contributed by atoms with E-state index < -0.39 is 0 Å². The summed E-state index contributed by atoms with van der Waals surface area (Å²) in [5, 5.41) is 11.0. The summed E-state index contributed by atoms with van der Waals surface area (Å²) in [5.74, 6) is -0.0481. The van der Waals surface area contributed by atoms with E-state index >= 15 is 0 Å². The molecule has 0 fully saturated rings. The average molecular weight is 173 g/mol. The minimum Gasteiger partial charge on any atom is -0.505 e. The molecule has 0 radical (unpaired) electrons. The van der Waals surface area contributed by atoms with Crippen LogP contribution in [0.2, 0.25) is 0 Å². The Kier molecular flexibility index (Phi) is 1.70. The monoisotopic (exact) mass is 173 g/mol. The van der Waals surface area contributed by atoms with Crippen LogP contribution in [0.25, 0.3) is 10.8 Å². The van der Waals surface area contributed by atoms with E-state index in [1.807, 2.05) is 12.1 Å². The summed E-state index contributed by atoms with van der Waals surface area (Å²) in [6, 6.07) is 7.23. The van der Waals surface area contributed by atoms with E-state index in [0.29, 0.717) is 11.7 Å². The van der Waals surface area contributed by atoms with Crippen molar-refractivity contribution in [2.75, 3.05) is 0 Å². The Morgan fingerprint density at radius 2 is 2.08 bits per heavy atom. The number of aldehydes is 1. The van der Waals surface area contributed by atoms with Crippen LogP contribution in [-0.4, -0.2) is 16.4 Å². The summed E-state index contributed by atoms with van der Waals surface area (Å²) in [6.45, 7) is 0. The third-order valence-corrected chi connectivity index (χ3v) is 1.91. The lowest BCUT2D eigenvalue weighted by Crippen LogP contribution is -1.87. The van der Waals surface area contributed by atoms with E-state index in [9.17, 15) is 9.90 Å². The molecular weight excluding hydrogens is 166 g/mol. The van der Waals surface area contributed by atoms with Gasteiger partial charge < -0.3 is 5.11 Å². The van der Waals surface area contributed by atoms with Crippen molar-refractivity contribution in [2.45, 2.75) is 0 Å². The third-order valence-electron chi connectivity index (χ3n) is 1.91. The van der Waals surface area contributed by atoms with Gasteiger partial charge in [-0.25, -0.2) is 4.98 Å². The molecule has 2 rings (SSSR count). The van der Waals surface area contributed by atoms with Crippen LogP contribution >= 0.6 is 0 Å². The number of carbonyl (C=O) groups is 1. The zero-order chi connectivity index (χ0) is 9.26. The number of nitrogens with zero attached hydrogens (tertiary/aromatic N) is 1. The molecule has 0 aliphatic heterocycles. The molecule has 3 heteroatoms. The molecular formula is C10H7NO2. The number of hydrogen-bond donors (Lipinski definition) is 1. The maximum Gasteiger partial charge on any atom is 0.172 e. The molecule has 0 aliphatic rings. The highest BCUT2D eigenvalue weighted by molar-refractivity contribution is 5.93. The summed E-state index contributed by atoms with van der Waals surface area (Å²) in [4.78, 5) is 14.3. The van der Waals surface area contributed by atoms with E-state index in [4.69, 9.17) is 0 Å². The Morgan fingerprint density at radius 1 is 1.31 bits per heavy atom. The van der Waals surface area contributed by atoms with Gasteiger partial charge in [-0.1, -0.05) is 24.3 Å². The Hall–Kier alpha value is -1.90. The number of carbonyl (C=O) groups excluding carboxylic acids is 1. The second-order valence-electron chi connectivity index (χ2n) is 2.70. The summed E-state index contributed by atoms with van der Waals surface area (Å²) in [7, 11) is 0. The molecule has 0 saturated heterocycles. The fourth-order valence-electron chi connectivity index (χ4n) is 1.25. The normalized spacial score (nSPS) is 10.2. The summed E-state index contributed by atoms with van der Waals surface area (Å²) < 4.78 is 0. The molecule has 0 saturated carbocycles. The lowest BCUT2D eigenvalue weighted by atomic mass is 10.1. The van der Waals surface area contributed by atoms with Crippen LogP contribution < -0.4 is 0 Å². The van der Waals surface area contributed by atoms with Crippen molar-refractivity contribution in [3.63, 3.8) is 0 Å². The van der Waals surface area contributed by atoms with Gasteiger partial charge in [0, 0.05) is 17.0 Å². The molecule has 13 heavy (non-hydrogen) atoms. The molecule has 0 unspecified atom stereocenters. The average Bonchev–Trinajstić information content (AvgIpc) is 2.19. The van der Waals surface area contributed by atoms with Crippen molar-refractivity contribution in [3.8, 4) is 5.75 Å². The fraction of sp³-hybridized carbons (Fsp3) is 0. The highest BCUT2D eigenvalue weighted by Crippen LogP contribution is 2.25. The van der Waals surface area contributed by atoms with Crippen molar-refractivity contribution in [3.05, 3.63) is 36.2 Å². The zero-order valence-corrected chi connectivity index (χ0v) is 6.77. The molecule has 2 aromatic rings. The first kappa shape index (κ1) is 7.73. The summed E-state index contributed by atoms with van der Waals surface area (Å²) >= 11 is 0. The number of pyridine rings is 1. The maximum atomic E-state index is 10.4. The first-order valence-electron chi connectivity index (χ1n) is 3.85. The first-order valence-corrected chi connectivity index (χ1v) is 3.85. The van der Waals surface area contributed by atoms with Crippen LogP contribution in [0, 0.1) is 0 Å². The van der Waals surface area contributed by atoms with Crippen LogP contribution in [-0.2, 0) is 0 Å². The van der Waals surface area contributed by atoms with Crippen molar-refractivity contribution in [2.24, 2.45) is 0 Å². The van der Waals surface area contributed by atoms with E-state index in [-0.39, 0.29) is 11.4 Å². The van der Waals surface area contributed by atoms with E-state index in [1.165, 1.54) is 0 Å². The van der Waals surface area contributed by atoms with Gasteiger partial charge in [-0.05, 0) is 0 Å². The van der Waals surface area contributed by atoms with Gasteiger partial charge in [-0.2, -0.15) is 0 Å². The van der Waals surface area contributed by atoms with Gasteiger partial charge in [0.15, 0.2) is 12.0 Å². The molecule has 0 atom stereocenters. The van der Waals surface area contributed by atoms with Gasteiger partial charge in [0.1, 0.15) is 5.69 Å². The van der Waals surface area contributed by atoms with Gasteiger partial charge in [-0.3, -0.25) is 4.79 Å². The molecule has 0 bridgehead atoms. The smallest absolute Gasteiger partial charge is 0.172 e. The van der Waals surface area contributed by atoms with Crippen LogP contribution in [0.1, 0.15) is 10.5 Å². The first-order chi connectivity index (χ1) is 6.33. The topological polar surface area (TPSA) is 50.2 Å².